The van der Waals surface area contributed by atoms with E-state index in [9.17, 15) is 19.5 Å². The molecule has 11 heteroatoms. The third-order valence-corrected chi connectivity index (χ3v) is 7.24. The maximum absolute atomic E-state index is 13.4. The lowest BCUT2D eigenvalue weighted by atomic mass is 10.0. The molecule has 0 aliphatic carbocycles. The summed E-state index contributed by atoms with van der Waals surface area (Å²) in [6, 6.07) is 10.8. The van der Waals surface area contributed by atoms with E-state index in [1.807, 2.05) is 38.1 Å². The van der Waals surface area contributed by atoms with E-state index < -0.39 is 17.8 Å². The molecule has 1 fully saturated rings. The van der Waals surface area contributed by atoms with Crippen LogP contribution in [0.5, 0.6) is 5.75 Å². The molecule has 0 saturated carbocycles. The number of benzene rings is 1. The van der Waals surface area contributed by atoms with Crippen LogP contribution in [0.4, 0.5) is 0 Å². The number of fused-ring (bicyclic) bond motifs is 1. The molecule has 2 N–H and O–H groups in total. The minimum absolute atomic E-state index is 0.0952. The van der Waals surface area contributed by atoms with E-state index in [4.69, 9.17) is 4.74 Å². The van der Waals surface area contributed by atoms with Crippen molar-refractivity contribution < 1.29 is 24.2 Å². The highest BCUT2D eigenvalue weighted by Crippen LogP contribution is 2.32. The van der Waals surface area contributed by atoms with Crippen molar-refractivity contribution in [2.45, 2.75) is 26.4 Å². The van der Waals surface area contributed by atoms with E-state index in [1.54, 1.807) is 27.9 Å². The molecular formula is C29H32N6O5. The predicted molar refractivity (Wildman–Crippen MR) is 148 cm³/mol. The van der Waals surface area contributed by atoms with Crippen LogP contribution in [-0.2, 0) is 11.2 Å². The molecule has 0 radical (unpaired) electrons. The van der Waals surface area contributed by atoms with Crippen LogP contribution in [-0.4, -0.2) is 91.6 Å². The highest BCUT2D eigenvalue weighted by molar-refractivity contribution is 6.45. The minimum Gasteiger partial charge on any atom is -0.494 e. The number of aliphatic hydroxyl groups excluding tert-OH is 1. The highest BCUT2D eigenvalue weighted by atomic mass is 16.5. The first-order valence-corrected chi connectivity index (χ1v) is 13.2. The number of aromatic amines is 1. The molecule has 1 atom stereocenters. The Morgan fingerprint density at radius 3 is 2.42 bits per heavy atom. The summed E-state index contributed by atoms with van der Waals surface area (Å²) < 4.78 is 7.06. The zero-order chi connectivity index (χ0) is 28.4. The molecule has 40 heavy (non-hydrogen) atoms. The fourth-order valence-electron chi connectivity index (χ4n) is 4.79. The fourth-order valence-corrected chi connectivity index (χ4v) is 4.79. The number of amides is 2. The van der Waals surface area contributed by atoms with Gasteiger partial charge in [-0.2, -0.15) is 5.10 Å². The van der Waals surface area contributed by atoms with Crippen molar-refractivity contribution >= 4 is 28.5 Å². The second kappa shape index (κ2) is 11.3. The van der Waals surface area contributed by atoms with Crippen molar-refractivity contribution in [3.8, 4) is 11.6 Å². The number of nitrogens with zero attached hydrogens (tertiary/aromatic N) is 5. The molecule has 0 spiro atoms. The SMILES string of the molecule is COc1cnc(-n2ccc(CC(O)C(C)C)n2)c2[nH]cc(C(=O)C(=O)N3CCN(C(=O)c4ccccc4)CC3)c12. The molecule has 1 aliphatic heterocycles. The summed E-state index contributed by atoms with van der Waals surface area (Å²) in [7, 11) is 1.47. The molecule has 5 rings (SSSR count). The number of hydrogen-bond donors (Lipinski definition) is 2. The van der Waals surface area contributed by atoms with Crippen molar-refractivity contribution in [2.24, 2.45) is 5.92 Å². The number of aromatic nitrogens is 4. The number of H-pyrrole nitrogens is 1. The first kappa shape index (κ1) is 27.1. The molecule has 4 aromatic rings. The smallest absolute Gasteiger partial charge is 0.295 e. The Balaban J connectivity index is 1.35. The molecule has 208 valence electrons. The summed E-state index contributed by atoms with van der Waals surface area (Å²) in [6.07, 6.45) is 4.59. The first-order chi connectivity index (χ1) is 19.3. The van der Waals surface area contributed by atoms with E-state index >= 15 is 0 Å². The zero-order valence-corrected chi connectivity index (χ0v) is 22.7. The minimum atomic E-state index is -0.675. The summed E-state index contributed by atoms with van der Waals surface area (Å²) in [5.41, 5.74) is 1.96. The lowest BCUT2D eigenvalue weighted by Gasteiger charge is -2.34. The van der Waals surface area contributed by atoms with Crippen LogP contribution in [0.1, 0.15) is 40.3 Å². The van der Waals surface area contributed by atoms with Crippen LogP contribution in [0.25, 0.3) is 16.7 Å². The number of hydrogen-bond acceptors (Lipinski definition) is 7. The van der Waals surface area contributed by atoms with Gasteiger partial charge in [0.15, 0.2) is 5.82 Å². The lowest BCUT2D eigenvalue weighted by molar-refractivity contribution is -0.127. The monoisotopic (exact) mass is 544 g/mol. The molecule has 11 nitrogen and oxygen atoms in total. The molecule has 1 saturated heterocycles. The number of ketones is 1. The summed E-state index contributed by atoms with van der Waals surface area (Å²) in [4.78, 5) is 50.2. The van der Waals surface area contributed by atoms with Gasteiger partial charge in [0.25, 0.3) is 17.6 Å². The van der Waals surface area contributed by atoms with Gasteiger partial charge in [-0.05, 0) is 24.1 Å². The Morgan fingerprint density at radius 1 is 1.05 bits per heavy atom. The first-order valence-electron chi connectivity index (χ1n) is 13.2. The van der Waals surface area contributed by atoms with Crippen LogP contribution in [0, 0.1) is 5.92 Å². The summed E-state index contributed by atoms with van der Waals surface area (Å²) in [5, 5.41) is 15.2. The Labute approximate surface area is 231 Å². The molecule has 2 amide bonds. The van der Waals surface area contributed by atoms with Crippen LogP contribution >= 0.6 is 0 Å². The lowest BCUT2D eigenvalue weighted by Crippen LogP contribution is -2.52. The van der Waals surface area contributed by atoms with Crippen molar-refractivity contribution in [1.29, 1.82) is 0 Å². The summed E-state index contributed by atoms with van der Waals surface area (Å²) in [5.74, 6) is -0.542. The maximum atomic E-state index is 13.4. The number of carbonyl (C=O) groups excluding carboxylic acids is 3. The molecule has 3 aromatic heterocycles. The van der Waals surface area contributed by atoms with E-state index in [0.29, 0.717) is 53.2 Å². The van der Waals surface area contributed by atoms with Crippen molar-refractivity contribution in [2.75, 3.05) is 33.3 Å². The molecular weight excluding hydrogens is 512 g/mol. The number of methoxy groups -OCH3 is 1. The van der Waals surface area contributed by atoms with Gasteiger partial charge in [-0.25, -0.2) is 9.67 Å². The molecule has 1 aliphatic rings. The number of carbonyl (C=O) groups is 3. The molecule has 1 unspecified atom stereocenters. The standard InChI is InChI=1S/C29H32N6O5/c1-18(2)22(36)15-20-9-10-35(32-20)27-25-24(23(40-3)17-31-27)21(16-30-25)26(37)29(39)34-13-11-33(12-14-34)28(38)19-7-5-4-6-8-19/h4-10,16-18,22,30,36H,11-15H2,1-3H3. The third kappa shape index (κ3) is 5.20. The Morgan fingerprint density at radius 2 is 1.75 bits per heavy atom. The zero-order valence-electron chi connectivity index (χ0n) is 22.7. The Hall–Kier alpha value is -4.51. The number of aliphatic hydroxyl groups is 1. The topological polar surface area (TPSA) is 134 Å². The number of pyridine rings is 1. The third-order valence-electron chi connectivity index (χ3n) is 7.24. The number of piperazine rings is 1. The van der Waals surface area contributed by atoms with E-state index in [-0.39, 0.29) is 30.5 Å². The van der Waals surface area contributed by atoms with Gasteiger partial charge in [0, 0.05) is 50.6 Å². The van der Waals surface area contributed by atoms with Crippen LogP contribution < -0.4 is 4.74 Å². The Bertz CT molecular complexity index is 1540. The number of nitrogens with one attached hydrogen (secondary N) is 1. The van der Waals surface area contributed by atoms with Crippen LogP contribution in [0.15, 0.2) is 55.0 Å². The van der Waals surface area contributed by atoms with Gasteiger partial charge in [-0.1, -0.05) is 32.0 Å². The van der Waals surface area contributed by atoms with Crippen molar-refractivity contribution in [1.82, 2.24) is 29.5 Å². The normalized spacial score (nSPS) is 14.5. The van der Waals surface area contributed by atoms with E-state index in [0.717, 1.165) is 0 Å². The number of Topliss-reactive ketones (excluding diaryl/α,β-unsaturated/α-hetero) is 1. The van der Waals surface area contributed by atoms with Gasteiger partial charge in [0.1, 0.15) is 5.75 Å². The quantitative estimate of drug-likeness (QED) is 0.257. The van der Waals surface area contributed by atoms with Crippen molar-refractivity contribution in [3.05, 3.63) is 71.8 Å². The molecule has 4 heterocycles. The van der Waals surface area contributed by atoms with Gasteiger partial charge >= 0.3 is 0 Å². The molecule has 0 bridgehead atoms. The predicted octanol–water partition coefficient (Wildman–Crippen LogP) is 2.48. The van der Waals surface area contributed by atoms with Gasteiger partial charge in [0.2, 0.25) is 0 Å². The number of rotatable bonds is 8. The summed E-state index contributed by atoms with van der Waals surface area (Å²) in [6.45, 7) is 5.08. The average molecular weight is 545 g/mol. The van der Waals surface area contributed by atoms with E-state index in [2.05, 4.69) is 15.1 Å². The number of ether oxygens (including phenoxy) is 1. The molecule has 1 aromatic carbocycles. The highest BCUT2D eigenvalue weighted by Gasteiger charge is 2.31. The van der Waals surface area contributed by atoms with E-state index in [1.165, 1.54) is 24.4 Å². The second-order valence-corrected chi connectivity index (χ2v) is 10.1. The van der Waals surface area contributed by atoms with Gasteiger partial charge in [0.05, 0.1) is 41.6 Å². The van der Waals surface area contributed by atoms with Crippen LogP contribution in [0.3, 0.4) is 0 Å². The van der Waals surface area contributed by atoms with Crippen molar-refractivity contribution in [3.63, 3.8) is 0 Å². The van der Waals surface area contributed by atoms with Gasteiger partial charge in [-0.15, -0.1) is 0 Å². The second-order valence-electron chi connectivity index (χ2n) is 10.1. The van der Waals surface area contributed by atoms with Crippen LogP contribution in [0.2, 0.25) is 0 Å². The largest absolute Gasteiger partial charge is 0.494 e. The fraction of sp³-hybridized carbons (Fsp3) is 0.345. The summed E-state index contributed by atoms with van der Waals surface area (Å²) >= 11 is 0. The van der Waals surface area contributed by atoms with Gasteiger partial charge < -0.3 is 24.6 Å². The Kier molecular flexibility index (Phi) is 7.65. The average Bonchev–Trinajstić information content (AvgIpc) is 3.64. The van der Waals surface area contributed by atoms with Gasteiger partial charge in [-0.3, -0.25) is 14.4 Å². The maximum Gasteiger partial charge on any atom is 0.295 e.